The number of amides is 1. The summed E-state index contributed by atoms with van der Waals surface area (Å²) < 4.78 is 26.6. The summed E-state index contributed by atoms with van der Waals surface area (Å²) in [4.78, 5) is 12.0. The van der Waals surface area contributed by atoms with Gasteiger partial charge in [-0.2, -0.15) is 0 Å². The molecule has 0 unspecified atom stereocenters. The van der Waals surface area contributed by atoms with E-state index >= 15 is 0 Å². The first-order valence-electron chi connectivity index (χ1n) is 6.33. The van der Waals surface area contributed by atoms with Gasteiger partial charge in [-0.1, -0.05) is 56.8 Å². The van der Waals surface area contributed by atoms with Crippen molar-refractivity contribution in [2.75, 3.05) is 0 Å². The molecule has 1 amide bonds. The Hall–Kier alpha value is -1.05. The Morgan fingerprint density at radius 3 is 2.33 bits per heavy atom. The van der Waals surface area contributed by atoms with Crippen LogP contribution in [0.15, 0.2) is 46.3 Å². The molecule has 0 radical (unpaired) electrons. The fraction of sp³-hybridized carbons (Fsp3) is 0. The highest BCUT2D eigenvalue weighted by atomic mass is 79.9. The van der Waals surface area contributed by atoms with Crippen molar-refractivity contribution in [3.63, 3.8) is 0 Å². The van der Waals surface area contributed by atoms with Gasteiger partial charge in [-0.05, 0) is 42.0 Å². The van der Waals surface area contributed by atoms with Gasteiger partial charge in [0.1, 0.15) is 0 Å². The zero-order valence-electron chi connectivity index (χ0n) is 11.8. The highest BCUT2D eigenvalue weighted by Crippen LogP contribution is 2.23. The fourth-order valence-corrected chi connectivity index (χ4v) is 3.51. The number of benzene rings is 2. The molecule has 2 aromatic carbocycles. The van der Waals surface area contributed by atoms with Gasteiger partial charge in [0.05, 0.1) is 26.0 Å². The van der Waals surface area contributed by atoms with Crippen molar-refractivity contribution in [2.45, 2.75) is 0 Å². The topological polar surface area (TPSA) is 63.2 Å². The van der Waals surface area contributed by atoms with Crippen molar-refractivity contribution in [3.8, 4) is 0 Å². The van der Waals surface area contributed by atoms with Gasteiger partial charge in [0, 0.05) is 4.47 Å². The van der Waals surface area contributed by atoms with Crippen molar-refractivity contribution in [1.82, 2.24) is 4.72 Å². The Labute approximate surface area is 162 Å². The summed E-state index contributed by atoms with van der Waals surface area (Å²) >= 11 is 20.8. The summed E-state index contributed by atoms with van der Waals surface area (Å²) in [6, 6.07) is 9.13. The summed E-state index contributed by atoms with van der Waals surface area (Å²) in [5.41, 5.74) is 0.565. The number of nitrogens with one attached hydrogen (secondary N) is 1. The average molecular weight is 470 g/mol. The summed E-state index contributed by atoms with van der Waals surface area (Å²) in [5.74, 6) is -0.828. The summed E-state index contributed by atoms with van der Waals surface area (Å²) in [7, 11) is -4.00. The number of hydrogen-bond acceptors (Lipinski definition) is 3. The number of rotatable bonds is 4. The molecule has 0 aliphatic carbocycles. The molecular formula is C15H9BrCl3NO3S. The third-order valence-corrected chi connectivity index (χ3v) is 5.30. The van der Waals surface area contributed by atoms with Crippen LogP contribution in [0, 0.1) is 0 Å². The van der Waals surface area contributed by atoms with Gasteiger partial charge in [-0.25, -0.2) is 13.1 Å². The van der Waals surface area contributed by atoms with Gasteiger partial charge in [0.15, 0.2) is 0 Å². The molecule has 24 heavy (non-hydrogen) atoms. The maximum absolute atomic E-state index is 12.0. The third kappa shape index (κ3) is 5.22. The van der Waals surface area contributed by atoms with Crippen LogP contribution >= 0.6 is 50.7 Å². The molecule has 0 aliphatic rings. The molecule has 9 heteroatoms. The van der Waals surface area contributed by atoms with Crippen molar-refractivity contribution >= 4 is 72.7 Å². The molecule has 0 saturated heterocycles. The van der Waals surface area contributed by atoms with E-state index in [4.69, 9.17) is 34.8 Å². The Morgan fingerprint density at radius 1 is 1.00 bits per heavy atom. The molecule has 0 heterocycles. The smallest absolute Gasteiger partial charge is 0.266 e. The zero-order valence-corrected chi connectivity index (χ0v) is 16.4. The van der Waals surface area contributed by atoms with Crippen molar-refractivity contribution in [3.05, 3.63) is 72.5 Å². The van der Waals surface area contributed by atoms with Crippen LogP contribution < -0.4 is 4.72 Å². The van der Waals surface area contributed by atoms with Crippen molar-refractivity contribution in [1.29, 1.82) is 0 Å². The second-order valence-electron chi connectivity index (χ2n) is 4.58. The van der Waals surface area contributed by atoms with E-state index in [1.807, 2.05) is 4.72 Å². The normalized spacial score (nSPS) is 11.7. The van der Waals surface area contributed by atoms with Crippen molar-refractivity contribution < 1.29 is 13.2 Å². The Morgan fingerprint density at radius 2 is 1.71 bits per heavy atom. The van der Waals surface area contributed by atoms with Crippen LogP contribution in [0.25, 0.3) is 6.08 Å². The van der Waals surface area contributed by atoms with E-state index in [1.165, 1.54) is 30.3 Å². The molecule has 126 valence electrons. The van der Waals surface area contributed by atoms with Crippen LogP contribution in [0.1, 0.15) is 15.9 Å². The molecule has 2 rings (SSSR count). The Bertz CT molecular complexity index is 930. The second-order valence-corrected chi connectivity index (χ2v) is 8.28. The van der Waals surface area contributed by atoms with Crippen LogP contribution in [0.5, 0.6) is 0 Å². The minimum absolute atomic E-state index is 0.0476. The second kappa shape index (κ2) is 7.89. The van der Waals surface area contributed by atoms with Gasteiger partial charge in [0.25, 0.3) is 15.9 Å². The standard InChI is InChI=1S/C15H9BrCl3NO3S/c16-10-2-3-11(13(18)8-10)15(21)20-24(22,23)6-5-9-1-4-12(17)14(19)7-9/h1-8H,(H,20,21). The lowest BCUT2D eigenvalue weighted by Gasteiger charge is -2.05. The maximum Gasteiger partial charge on any atom is 0.266 e. The van der Waals surface area contributed by atoms with Crippen LogP contribution in [0.2, 0.25) is 15.1 Å². The maximum atomic E-state index is 12.0. The molecule has 0 aliphatic heterocycles. The van der Waals surface area contributed by atoms with E-state index in [-0.39, 0.29) is 10.6 Å². The van der Waals surface area contributed by atoms with E-state index in [0.717, 1.165) is 5.41 Å². The quantitative estimate of drug-likeness (QED) is 0.675. The fourth-order valence-electron chi connectivity index (χ4n) is 1.68. The van der Waals surface area contributed by atoms with E-state index in [0.29, 0.717) is 20.1 Å². The molecule has 0 atom stereocenters. The number of hydrogen-bond donors (Lipinski definition) is 1. The van der Waals surface area contributed by atoms with Gasteiger partial charge >= 0.3 is 0 Å². The summed E-state index contributed by atoms with van der Waals surface area (Å²) in [6.07, 6.45) is 1.29. The number of carbonyl (C=O) groups is 1. The van der Waals surface area contributed by atoms with E-state index in [1.54, 1.807) is 12.1 Å². The first-order valence-corrected chi connectivity index (χ1v) is 9.80. The highest BCUT2D eigenvalue weighted by Gasteiger charge is 2.16. The Balaban J connectivity index is 2.16. The molecule has 0 spiro atoms. The minimum atomic E-state index is -4.00. The monoisotopic (exact) mass is 467 g/mol. The lowest BCUT2D eigenvalue weighted by Crippen LogP contribution is -2.29. The predicted octanol–water partition coefficient (Wildman–Crippen LogP) is 5.14. The molecule has 2 aromatic rings. The summed E-state index contributed by atoms with van der Waals surface area (Å²) in [5, 5.41) is 1.64. The molecule has 4 nitrogen and oxygen atoms in total. The largest absolute Gasteiger partial charge is 0.268 e. The van der Waals surface area contributed by atoms with Crippen molar-refractivity contribution in [2.24, 2.45) is 0 Å². The van der Waals surface area contributed by atoms with Gasteiger partial charge in [-0.15, -0.1) is 0 Å². The average Bonchev–Trinajstić information content (AvgIpc) is 2.48. The van der Waals surface area contributed by atoms with E-state index in [9.17, 15) is 13.2 Å². The molecule has 0 aromatic heterocycles. The number of carbonyl (C=O) groups excluding carboxylic acids is 1. The predicted molar refractivity (Wildman–Crippen MR) is 101 cm³/mol. The molecule has 0 saturated carbocycles. The molecule has 1 N–H and O–H groups in total. The molecule has 0 bridgehead atoms. The van der Waals surface area contributed by atoms with Crippen LogP contribution in [0.4, 0.5) is 0 Å². The minimum Gasteiger partial charge on any atom is -0.268 e. The third-order valence-electron chi connectivity index (χ3n) is 2.79. The van der Waals surface area contributed by atoms with Crippen LogP contribution in [-0.2, 0) is 10.0 Å². The highest BCUT2D eigenvalue weighted by molar-refractivity contribution is 9.10. The zero-order chi connectivity index (χ0) is 17.9. The SMILES string of the molecule is O=C(NS(=O)(=O)C=Cc1ccc(Cl)c(Cl)c1)c1ccc(Br)cc1Cl. The van der Waals surface area contributed by atoms with Gasteiger partial charge < -0.3 is 0 Å². The van der Waals surface area contributed by atoms with Gasteiger partial charge in [0.2, 0.25) is 0 Å². The summed E-state index contributed by atoms with van der Waals surface area (Å²) in [6.45, 7) is 0. The molecular weight excluding hydrogens is 460 g/mol. The first kappa shape index (κ1) is 19.3. The van der Waals surface area contributed by atoms with E-state index in [2.05, 4.69) is 15.9 Å². The lowest BCUT2D eigenvalue weighted by atomic mass is 10.2. The van der Waals surface area contributed by atoms with Crippen LogP contribution in [-0.4, -0.2) is 14.3 Å². The van der Waals surface area contributed by atoms with E-state index < -0.39 is 15.9 Å². The molecule has 0 fully saturated rings. The van der Waals surface area contributed by atoms with Gasteiger partial charge in [-0.3, -0.25) is 4.79 Å². The number of halogens is 4. The first-order chi connectivity index (χ1) is 11.2. The lowest BCUT2D eigenvalue weighted by molar-refractivity contribution is 0.0982. The van der Waals surface area contributed by atoms with Crippen LogP contribution in [0.3, 0.4) is 0 Å². The Kier molecular flexibility index (Phi) is 6.33. The number of sulfonamides is 1.